The van der Waals surface area contributed by atoms with Crippen LogP contribution in [0.2, 0.25) is 0 Å². The molecule has 0 atom stereocenters. The Labute approximate surface area is 83.9 Å². The van der Waals surface area contributed by atoms with Crippen LogP contribution in [0, 0.1) is 0 Å². The molecule has 0 bridgehead atoms. The zero-order valence-electron chi connectivity index (χ0n) is 8.52. The summed E-state index contributed by atoms with van der Waals surface area (Å²) >= 11 is 0. The average molecular weight is 199 g/mol. The highest BCUT2D eigenvalue weighted by molar-refractivity contribution is 5.75. The summed E-state index contributed by atoms with van der Waals surface area (Å²) in [6.07, 6.45) is -0.300. The molecule has 14 heavy (non-hydrogen) atoms. The third-order valence-corrected chi connectivity index (χ3v) is 2.91. The van der Waals surface area contributed by atoms with Crippen molar-refractivity contribution < 1.29 is 9.90 Å². The highest BCUT2D eigenvalue weighted by Gasteiger charge is 2.32. The number of aliphatic hydroxyl groups excluding tert-OH is 1. The second-order valence-electron chi connectivity index (χ2n) is 4.13. The van der Waals surface area contributed by atoms with Gasteiger partial charge in [0.1, 0.15) is 0 Å². The van der Waals surface area contributed by atoms with E-state index in [9.17, 15) is 4.79 Å². The summed E-state index contributed by atoms with van der Waals surface area (Å²) in [6, 6.07) is 0.0865. The monoisotopic (exact) mass is 199 g/mol. The van der Waals surface area contributed by atoms with Crippen molar-refractivity contribution in [3.8, 4) is 0 Å². The number of β-amino-alcohol motifs (C(OH)–C–C–N with tert-alkyl or cyclic N) is 1. The van der Waals surface area contributed by atoms with Crippen LogP contribution in [0.3, 0.4) is 0 Å². The van der Waals surface area contributed by atoms with Gasteiger partial charge in [0.15, 0.2) is 0 Å². The number of carbonyl (C=O) groups excluding carboxylic acids is 1. The fourth-order valence-electron chi connectivity index (χ4n) is 1.81. The second kappa shape index (κ2) is 3.74. The fourth-order valence-corrected chi connectivity index (χ4v) is 1.81. The first-order valence-electron chi connectivity index (χ1n) is 5.07. The van der Waals surface area contributed by atoms with Gasteiger partial charge in [-0.25, -0.2) is 4.79 Å². The Balaban J connectivity index is 1.81. The van der Waals surface area contributed by atoms with Gasteiger partial charge in [0.2, 0.25) is 0 Å². The van der Waals surface area contributed by atoms with Gasteiger partial charge in [-0.3, -0.25) is 0 Å². The summed E-state index contributed by atoms with van der Waals surface area (Å²) in [4.78, 5) is 17.5. The number of urea groups is 1. The van der Waals surface area contributed by atoms with Gasteiger partial charge in [-0.2, -0.15) is 0 Å². The average Bonchev–Trinajstić information content (AvgIpc) is 2.13. The first kappa shape index (κ1) is 9.73. The molecule has 2 rings (SSSR count). The van der Waals surface area contributed by atoms with Gasteiger partial charge in [-0.1, -0.05) is 0 Å². The van der Waals surface area contributed by atoms with Gasteiger partial charge < -0.3 is 19.8 Å². The van der Waals surface area contributed by atoms with Crippen molar-refractivity contribution in [2.75, 3.05) is 46.3 Å². The van der Waals surface area contributed by atoms with Gasteiger partial charge in [-0.05, 0) is 7.05 Å². The molecule has 2 saturated heterocycles. The number of hydrogen-bond acceptors (Lipinski definition) is 3. The van der Waals surface area contributed by atoms with Gasteiger partial charge in [0.25, 0.3) is 0 Å². The van der Waals surface area contributed by atoms with E-state index in [1.54, 1.807) is 4.90 Å². The van der Waals surface area contributed by atoms with E-state index in [0.717, 1.165) is 26.2 Å². The molecule has 2 heterocycles. The maximum Gasteiger partial charge on any atom is 0.320 e. The lowest BCUT2D eigenvalue weighted by Gasteiger charge is -2.41. The molecule has 0 spiro atoms. The predicted molar refractivity (Wildman–Crippen MR) is 52.0 cm³/mol. The van der Waals surface area contributed by atoms with Crippen LogP contribution in [0.15, 0.2) is 0 Å². The molecular weight excluding hydrogens is 182 g/mol. The van der Waals surface area contributed by atoms with Crippen molar-refractivity contribution in [3.05, 3.63) is 0 Å². The Hall–Kier alpha value is -0.810. The van der Waals surface area contributed by atoms with Crippen LogP contribution in [0.4, 0.5) is 4.79 Å². The van der Waals surface area contributed by atoms with Gasteiger partial charge in [0.05, 0.1) is 19.2 Å². The Morgan fingerprint density at radius 3 is 2.21 bits per heavy atom. The van der Waals surface area contributed by atoms with Crippen molar-refractivity contribution in [3.63, 3.8) is 0 Å². The maximum atomic E-state index is 11.8. The Kier molecular flexibility index (Phi) is 2.60. The molecule has 0 saturated carbocycles. The molecule has 1 N–H and O–H groups in total. The second-order valence-corrected chi connectivity index (χ2v) is 4.13. The fraction of sp³-hybridized carbons (Fsp3) is 0.889. The molecule has 80 valence electrons. The number of aliphatic hydroxyl groups is 1. The SMILES string of the molecule is CN1CCN(C(=O)N2CC(O)C2)CC1. The quantitative estimate of drug-likeness (QED) is 0.546. The number of hydrogen-bond donors (Lipinski definition) is 1. The van der Waals surface area contributed by atoms with Crippen LogP contribution in [0.5, 0.6) is 0 Å². The van der Waals surface area contributed by atoms with Crippen LogP contribution in [0.1, 0.15) is 0 Å². The van der Waals surface area contributed by atoms with Crippen molar-refractivity contribution in [2.24, 2.45) is 0 Å². The van der Waals surface area contributed by atoms with Gasteiger partial charge >= 0.3 is 6.03 Å². The van der Waals surface area contributed by atoms with E-state index in [-0.39, 0.29) is 12.1 Å². The molecule has 2 aliphatic rings. The number of nitrogens with zero attached hydrogens (tertiary/aromatic N) is 3. The minimum absolute atomic E-state index is 0.0865. The number of piperazine rings is 1. The Bertz CT molecular complexity index is 220. The van der Waals surface area contributed by atoms with Crippen molar-refractivity contribution >= 4 is 6.03 Å². The molecule has 2 amide bonds. The highest BCUT2D eigenvalue weighted by atomic mass is 16.3. The molecule has 5 heteroatoms. The molecule has 0 aromatic rings. The lowest BCUT2D eigenvalue weighted by molar-refractivity contribution is 0.0110. The van der Waals surface area contributed by atoms with Crippen LogP contribution >= 0.6 is 0 Å². The first-order valence-corrected chi connectivity index (χ1v) is 5.07. The number of likely N-dealkylation sites (tertiary alicyclic amines) is 1. The molecule has 0 aromatic carbocycles. The largest absolute Gasteiger partial charge is 0.389 e. The molecule has 0 aliphatic carbocycles. The first-order chi connectivity index (χ1) is 6.66. The molecule has 2 aliphatic heterocycles. The minimum Gasteiger partial charge on any atom is -0.389 e. The van der Waals surface area contributed by atoms with Gasteiger partial charge in [-0.15, -0.1) is 0 Å². The molecule has 0 radical (unpaired) electrons. The summed E-state index contributed by atoms with van der Waals surface area (Å²) in [6.45, 7) is 4.52. The summed E-state index contributed by atoms with van der Waals surface area (Å²) in [5, 5.41) is 9.09. The van der Waals surface area contributed by atoms with E-state index >= 15 is 0 Å². The summed E-state index contributed by atoms with van der Waals surface area (Å²) in [5.41, 5.74) is 0. The topological polar surface area (TPSA) is 47.0 Å². The molecule has 0 unspecified atom stereocenters. The highest BCUT2D eigenvalue weighted by Crippen LogP contribution is 2.12. The number of likely N-dealkylation sites (N-methyl/N-ethyl adjacent to an activating group) is 1. The molecule has 0 aromatic heterocycles. The summed E-state index contributed by atoms with van der Waals surface area (Å²) in [7, 11) is 2.06. The molecular formula is C9H17N3O2. The van der Waals surface area contributed by atoms with Crippen molar-refractivity contribution in [1.29, 1.82) is 0 Å². The van der Waals surface area contributed by atoms with E-state index in [1.165, 1.54) is 0 Å². The van der Waals surface area contributed by atoms with Crippen LogP contribution in [-0.4, -0.2) is 78.3 Å². The van der Waals surface area contributed by atoms with Crippen LogP contribution in [0.25, 0.3) is 0 Å². The van der Waals surface area contributed by atoms with E-state index in [4.69, 9.17) is 5.11 Å². The maximum absolute atomic E-state index is 11.8. The minimum atomic E-state index is -0.300. The Morgan fingerprint density at radius 2 is 1.71 bits per heavy atom. The number of amides is 2. The third kappa shape index (κ3) is 1.83. The van der Waals surface area contributed by atoms with E-state index in [0.29, 0.717) is 13.1 Å². The van der Waals surface area contributed by atoms with E-state index in [2.05, 4.69) is 11.9 Å². The standard InChI is InChI=1S/C9H17N3O2/c1-10-2-4-11(5-3-10)9(14)12-6-8(13)7-12/h8,13H,2-7H2,1H3. The zero-order valence-corrected chi connectivity index (χ0v) is 8.52. The predicted octanol–water partition coefficient (Wildman–Crippen LogP) is -0.970. The lowest BCUT2D eigenvalue weighted by atomic mass is 10.2. The molecule has 5 nitrogen and oxygen atoms in total. The van der Waals surface area contributed by atoms with Crippen molar-refractivity contribution in [2.45, 2.75) is 6.10 Å². The van der Waals surface area contributed by atoms with Gasteiger partial charge in [0, 0.05) is 26.2 Å². The normalized spacial score (nSPS) is 25.0. The third-order valence-electron chi connectivity index (χ3n) is 2.91. The van der Waals surface area contributed by atoms with E-state index < -0.39 is 0 Å². The van der Waals surface area contributed by atoms with Crippen LogP contribution in [-0.2, 0) is 0 Å². The number of carbonyl (C=O) groups is 1. The smallest absolute Gasteiger partial charge is 0.320 e. The summed E-state index contributed by atoms with van der Waals surface area (Å²) < 4.78 is 0. The van der Waals surface area contributed by atoms with Crippen LogP contribution < -0.4 is 0 Å². The Morgan fingerprint density at radius 1 is 1.14 bits per heavy atom. The van der Waals surface area contributed by atoms with Crippen molar-refractivity contribution in [1.82, 2.24) is 14.7 Å². The zero-order chi connectivity index (χ0) is 10.1. The molecule has 2 fully saturated rings. The lowest BCUT2D eigenvalue weighted by Crippen LogP contribution is -2.60. The summed E-state index contributed by atoms with van der Waals surface area (Å²) in [5.74, 6) is 0. The van der Waals surface area contributed by atoms with E-state index in [1.807, 2.05) is 4.90 Å². The number of rotatable bonds is 0.